The van der Waals surface area contributed by atoms with Crippen LogP contribution in [0.3, 0.4) is 0 Å². The SMILES string of the molecule is CS(=O)(=O)O.O=C(N[C@H]1N=C(c2ccccc2F)c2ccccc2N(Cc2cnc[nH]2)C1=O)c1cc2ccccc2[nH]1. The molecule has 0 saturated heterocycles. The molecule has 0 saturated carbocycles. The van der Waals surface area contributed by atoms with Crippen molar-refractivity contribution in [2.75, 3.05) is 11.2 Å². The van der Waals surface area contributed by atoms with Crippen molar-refractivity contribution in [3.8, 4) is 0 Å². The van der Waals surface area contributed by atoms with Crippen LogP contribution in [-0.2, 0) is 21.5 Å². The summed E-state index contributed by atoms with van der Waals surface area (Å²) in [5.41, 5.74) is 3.40. The van der Waals surface area contributed by atoms with Gasteiger partial charge in [-0.05, 0) is 30.3 Å². The number of aromatic nitrogens is 3. The predicted molar refractivity (Wildman–Crippen MR) is 155 cm³/mol. The van der Waals surface area contributed by atoms with Crippen molar-refractivity contribution in [3.63, 3.8) is 0 Å². The molecule has 214 valence electrons. The number of nitrogens with zero attached hydrogens (tertiary/aromatic N) is 3. The van der Waals surface area contributed by atoms with Gasteiger partial charge in [0.1, 0.15) is 11.5 Å². The van der Waals surface area contributed by atoms with E-state index in [9.17, 15) is 22.4 Å². The van der Waals surface area contributed by atoms with Crippen LogP contribution in [0.1, 0.15) is 27.3 Å². The highest BCUT2D eigenvalue weighted by molar-refractivity contribution is 7.85. The van der Waals surface area contributed by atoms with E-state index >= 15 is 0 Å². The van der Waals surface area contributed by atoms with E-state index in [1.165, 1.54) is 17.3 Å². The van der Waals surface area contributed by atoms with Crippen LogP contribution in [0, 0.1) is 5.82 Å². The van der Waals surface area contributed by atoms with Crippen LogP contribution in [0.4, 0.5) is 10.1 Å². The van der Waals surface area contributed by atoms with Crippen molar-refractivity contribution in [2.45, 2.75) is 12.7 Å². The average molecular weight is 589 g/mol. The molecular weight excluding hydrogens is 563 g/mol. The van der Waals surface area contributed by atoms with Crippen molar-refractivity contribution in [2.24, 2.45) is 4.99 Å². The Kier molecular flexibility index (Phi) is 7.95. The van der Waals surface area contributed by atoms with Gasteiger partial charge in [0.25, 0.3) is 21.9 Å². The molecule has 4 N–H and O–H groups in total. The Hall–Kier alpha value is -5.14. The minimum absolute atomic E-state index is 0.161. The number of benzodiazepines with no additional fused rings is 1. The number of hydrogen-bond donors (Lipinski definition) is 4. The Morgan fingerprint density at radius 1 is 1.05 bits per heavy atom. The summed E-state index contributed by atoms with van der Waals surface area (Å²) in [6.45, 7) is 0.161. The molecule has 0 bridgehead atoms. The van der Waals surface area contributed by atoms with Crippen LogP contribution < -0.4 is 10.2 Å². The van der Waals surface area contributed by atoms with E-state index in [4.69, 9.17) is 4.55 Å². The number of imidazole rings is 1. The number of hydrogen-bond acceptors (Lipinski definition) is 6. The molecule has 5 aromatic rings. The number of benzene rings is 3. The van der Waals surface area contributed by atoms with Crippen LogP contribution in [-0.4, -0.2) is 57.9 Å². The zero-order chi connectivity index (χ0) is 29.9. The molecule has 0 radical (unpaired) electrons. The fourth-order valence-corrected chi connectivity index (χ4v) is 4.49. The number of nitrogens with one attached hydrogen (secondary N) is 3. The largest absolute Gasteiger partial charge is 0.351 e. The van der Waals surface area contributed by atoms with Gasteiger partial charge in [-0.15, -0.1) is 0 Å². The predicted octanol–water partition coefficient (Wildman–Crippen LogP) is 3.67. The number of para-hydroxylation sites is 2. The molecule has 1 aliphatic rings. The second-order valence-electron chi connectivity index (χ2n) is 9.36. The molecule has 3 aromatic carbocycles. The molecule has 0 spiro atoms. The van der Waals surface area contributed by atoms with Gasteiger partial charge in [-0.1, -0.05) is 48.5 Å². The van der Waals surface area contributed by atoms with Crippen LogP contribution in [0.25, 0.3) is 10.9 Å². The zero-order valence-electron chi connectivity index (χ0n) is 22.2. The second-order valence-corrected chi connectivity index (χ2v) is 10.8. The van der Waals surface area contributed by atoms with E-state index in [2.05, 4.69) is 25.3 Å². The number of H-pyrrole nitrogens is 2. The lowest BCUT2D eigenvalue weighted by molar-refractivity contribution is -0.120. The van der Waals surface area contributed by atoms with E-state index in [0.717, 1.165) is 10.9 Å². The summed E-state index contributed by atoms with van der Waals surface area (Å²) in [6.07, 6.45) is 2.56. The quantitative estimate of drug-likeness (QED) is 0.229. The summed E-state index contributed by atoms with van der Waals surface area (Å²) in [5.74, 6) is -1.44. The molecule has 42 heavy (non-hydrogen) atoms. The highest BCUT2D eigenvalue weighted by Crippen LogP contribution is 2.30. The Labute approximate surface area is 239 Å². The molecule has 11 nitrogen and oxygen atoms in total. The summed E-state index contributed by atoms with van der Waals surface area (Å²) >= 11 is 0. The fraction of sp³-hybridized carbons (Fsp3) is 0.103. The maximum absolute atomic E-state index is 15.0. The summed E-state index contributed by atoms with van der Waals surface area (Å²) < 4.78 is 40.9. The molecule has 2 amide bonds. The molecule has 6 rings (SSSR count). The first kappa shape index (κ1) is 28.4. The number of carbonyl (C=O) groups is 2. The van der Waals surface area contributed by atoms with Crippen molar-refractivity contribution in [1.29, 1.82) is 0 Å². The third kappa shape index (κ3) is 6.43. The number of carbonyl (C=O) groups excluding carboxylic acids is 2. The standard InChI is InChI=1S/C28H21FN6O2.CH4O3S/c29-21-10-4-2-8-19(21)25-20-9-3-6-12-24(20)35(15-18-14-30-16-31-18)28(37)26(33-25)34-27(36)23-13-17-7-1-5-11-22(17)32-23;1-5(2,3)4/h1-14,16,26,32H,15H2,(H,30,31)(H,34,36);1H3,(H,2,3,4)/t26-;/m1./s1. The lowest BCUT2D eigenvalue weighted by Gasteiger charge is -2.25. The Balaban J connectivity index is 0.000000652. The third-order valence-corrected chi connectivity index (χ3v) is 6.26. The van der Waals surface area contributed by atoms with Gasteiger partial charge < -0.3 is 20.2 Å². The van der Waals surface area contributed by atoms with Gasteiger partial charge in [0.15, 0.2) is 0 Å². The molecule has 0 aliphatic carbocycles. The first-order valence-corrected chi connectivity index (χ1v) is 14.4. The summed E-state index contributed by atoms with van der Waals surface area (Å²) in [4.78, 5) is 43.5. The molecular formula is C29H25FN6O5S. The molecule has 1 atom stereocenters. The minimum Gasteiger partial charge on any atom is -0.351 e. The number of halogens is 1. The molecule has 13 heteroatoms. The maximum Gasteiger partial charge on any atom is 0.272 e. The molecule has 1 aliphatic heterocycles. The maximum atomic E-state index is 15.0. The van der Waals surface area contributed by atoms with Gasteiger partial charge in [0.05, 0.1) is 36.2 Å². The smallest absolute Gasteiger partial charge is 0.272 e. The molecule has 0 unspecified atom stereocenters. The van der Waals surface area contributed by atoms with Crippen molar-refractivity contribution >= 4 is 44.2 Å². The Bertz CT molecular complexity index is 1860. The number of aromatic amines is 2. The normalized spacial score (nSPS) is 14.8. The van der Waals surface area contributed by atoms with Crippen molar-refractivity contribution in [1.82, 2.24) is 20.3 Å². The van der Waals surface area contributed by atoms with E-state index < -0.39 is 33.9 Å². The lowest BCUT2D eigenvalue weighted by Crippen LogP contribution is -2.47. The molecule has 2 aromatic heterocycles. The van der Waals surface area contributed by atoms with Crippen molar-refractivity contribution in [3.05, 3.63) is 120 Å². The van der Waals surface area contributed by atoms with Crippen LogP contribution in [0.2, 0.25) is 0 Å². The van der Waals surface area contributed by atoms with E-state index in [1.807, 2.05) is 24.3 Å². The fourth-order valence-electron chi connectivity index (χ4n) is 4.49. The highest BCUT2D eigenvalue weighted by Gasteiger charge is 2.34. The summed E-state index contributed by atoms with van der Waals surface area (Å²) in [6, 6.07) is 22.6. The number of rotatable bonds is 5. The summed E-state index contributed by atoms with van der Waals surface area (Å²) in [7, 11) is -3.67. The van der Waals surface area contributed by atoms with Crippen LogP contribution >= 0.6 is 0 Å². The van der Waals surface area contributed by atoms with Crippen molar-refractivity contribution < 1.29 is 27.0 Å². The van der Waals surface area contributed by atoms with Gasteiger partial charge in [0.2, 0.25) is 6.17 Å². The monoisotopic (exact) mass is 588 g/mol. The first-order valence-electron chi connectivity index (χ1n) is 12.6. The van der Waals surface area contributed by atoms with Gasteiger partial charge in [-0.25, -0.2) is 14.4 Å². The minimum atomic E-state index is -3.67. The van der Waals surface area contributed by atoms with Crippen LogP contribution in [0.5, 0.6) is 0 Å². The van der Waals surface area contributed by atoms with Gasteiger partial charge in [-0.2, -0.15) is 8.42 Å². The number of anilines is 1. The second kappa shape index (κ2) is 11.8. The lowest BCUT2D eigenvalue weighted by atomic mass is 9.99. The Morgan fingerprint density at radius 2 is 1.71 bits per heavy atom. The summed E-state index contributed by atoms with van der Waals surface area (Å²) in [5, 5.41) is 3.62. The zero-order valence-corrected chi connectivity index (χ0v) is 23.0. The van der Waals surface area contributed by atoms with Crippen LogP contribution in [0.15, 0.2) is 96.4 Å². The van der Waals surface area contributed by atoms with E-state index in [-0.39, 0.29) is 17.8 Å². The molecule has 3 heterocycles. The number of fused-ring (bicyclic) bond motifs is 2. The topological polar surface area (TPSA) is 161 Å². The van der Waals surface area contributed by atoms with E-state index in [0.29, 0.717) is 28.9 Å². The molecule has 0 fully saturated rings. The highest BCUT2D eigenvalue weighted by atomic mass is 32.2. The number of amides is 2. The first-order chi connectivity index (χ1) is 20.1. The van der Waals surface area contributed by atoms with Gasteiger partial charge in [-0.3, -0.25) is 14.1 Å². The average Bonchev–Trinajstić information content (AvgIpc) is 3.61. The Morgan fingerprint density at radius 3 is 2.40 bits per heavy atom. The van der Waals surface area contributed by atoms with Gasteiger partial charge >= 0.3 is 0 Å². The van der Waals surface area contributed by atoms with E-state index in [1.54, 1.807) is 54.7 Å². The third-order valence-electron chi connectivity index (χ3n) is 6.26. The van der Waals surface area contributed by atoms with Gasteiger partial charge in [0, 0.05) is 28.2 Å². The number of aliphatic imine (C=N–C) groups is 1.